The largest absolute Gasteiger partial charge is 0.490 e. The minimum atomic E-state index is 0.231. The van der Waals surface area contributed by atoms with Crippen molar-refractivity contribution in [1.29, 1.82) is 0 Å². The van der Waals surface area contributed by atoms with Crippen LogP contribution >= 0.6 is 23.8 Å². The summed E-state index contributed by atoms with van der Waals surface area (Å²) in [5, 5.41) is 7.02. The fourth-order valence-electron chi connectivity index (χ4n) is 1.47. The molecule has 6 heteroatoms. The highest BCUT2D eigenvalue weighted by Gasteiger charge is 2.23. The van der Waals surface area contributed by atoms with Crippen LogP contribution in [0, 0.1) is 4.84 Å². The Morgan fingerprint density at radius 2 is 2.29 bits per heavy atom. The molecule has 1 aliphatic rings. The molecule has 1 heterocycles. The van der Waals surface area contributed by atoms with E-state index in [2.05, 4.69) is 10.2 Å². The van der Waals surface area contributed by atoms with Crippen molar-refractivity contribution in [2.45, 2.75) is 18.9 Å². The Morgan fingerprint density at radius 1 is 1.47 bits per heavy atom. The third-order valence-electron chi connectivity index (χ3n) is 2.44. The molecule has 0 saturated heterocycles. The Balaban J connectivity index is 1.92. The van der Waals surface area contributed by atoms with E-state index in [1.807, 2.05) is 12.1 Å². The van der Waals surface area contributed by atoms with Gasteiger partial charge in [-0.05, 0) is 43.3 Å². The lowest BCUT2D eigenvalue weighted by molar-refractivity contribution is 0.303. The lowest BCUT2D eigenvalue weighted by Gasteiger charge is -2.05. The summed E-state index contributed by atoms with van der Waals surface area (Å²) in [4.78, 5) is 0.231. The van der Waals surface area contributed by atoms with E-state index in [4.69, 9.17) is 33.0 Å². The molecule has 0 atom stereocenters. The van der Waals surface area contributed by atoms with E-state index in [0.717, 1.165) is 18.6 Å². The van der Waals surface area contributed by atoms with Gasteiger partial charge in [0.2, 0.25) is 5.89 Å². The first kappa shape index (κ1) is 10.8. The average molecular weight is 269 g/mol. The number of nitrogens with one attached hydrogen (secondary N) is 1. The van der Waals surface area contributed by atoms with E-state index in [1.54, 1.807) is 6.07 Å². The average Bonchev–Trinajstić information content (AvgIpc) is 3.00. The van der Waals surface area contributed by atoms with Crippen molar-refractivity contribution < 1.29 is 9.15 Å². The van der Waals surface area contributed by atoms with Crippen LogP contribution in [-0.4, -0.2) is 16.3 Å². The third kappa shape index (κ3) is 2.35. The highest BCUT2D eigenvalue weighted by Crippen LogP contribution is 2.33. The summed E-state index contributed by atoms with van der Waals surface area (Å²) in [6.45, 7) is 0. The van der Waals surface area contributed by atoms with Crippen molar-refractivity contribution in [1.82, 2.24) is 10.2 Å². The van der Waals surface area contributed by atoms with Gasteiger partial charge in [-0.3, -0.25) is 0 Å². The summed E-state index contributed by atoms with van der Waals surface area (Å²) in [6.07, 6.45) is 2.59. The monoisotopic (exact) mass is 268 g/mol. The van der Waals surface area contributed by atoms with Gasteiger partial charge in [-0.15, -0.1) is 5.10 Å². The summed E-state index contributed by atoms with van der Waals surface area (Å²) >= 11 is 11.0. The predicted molar refractivity (Wildman–Crippen MR) is 65.8 cm³/mol. The van der Waals surface area contributed by atoms with Gasteiger partial charge in [-0.1, -0.05) is 11.6 Å². The number of nitrogens with zero attached hydrogens (tertiary/aromatic N) is 1. The smallest absolute Gasteiger partial charge is 0.284 e. The number of rotatable bonds is 3. The Bertz CT molecular complexity index is 604. The van der Waals surface area contributed by atoms with Crippen LogP contribution in [0.2, 0.25) is 5.02 Å². The number of aromatic amines is 1. The van der Waals surface area contributed by atoms with Gasteiger partial charge in [0.1, 0.15) is 5.75 Å². The van der Waals surface area contributed by atoms with Crippen molar-refractivity contribution in [3.8, 4) is 17.2 Å². The fourth-order valence-corrected chi connectivity index (χ4v) is 1.84. The lowest BCUT2D eigenvalue weighted by atomic mass is 10.2. The number of hydrogen-bond acceptors (Lipinski definition) is 4. The first-order valence-corrected chi connectivity index (χ1v) is 6.03. The molecule has 0 aliphatic heterocycles. The van der Waals surface area contributed by atoms with Gasteiger partial charge in [-0.2, -0.15) is 0 Å². The fraction of sp³-hybridized carbons (Fsp3) is 0.273. The van der Waals surface area contributed by atoms with Gasteiger partial charge in [0.15, 0.2) is 0 Å². The molecule has 3 rings (SSSR count). The van der Waals surface area contributed by atoms with Crippen molar-refractivity contribution >= 4 is 23.8 Å². The van der Waals surface area contributed by atoms with Crippen LogP contribution in [0.4, 0.5) is 0 Å². The van der Waals surface area contributed by atoms with E-state index in [9.17, 15) is 0 Å². The van der Waals surface area contributed by atoms with Crippen LogP contribution in [0.1, 0.15) is 12.8 Å². The van der Waals surface area contributed by atoms with Crippen molar-refractivity contribution in [3.05, 3.63) is 28.1 Å². The van der Waals surface area contributed by atoms with E-state index >= 15 is 0 Å². The minimum absolute atomic E-state index is 0.231. The molecule has 0 spiro atoms. The molecule has 17 heavy (non-hydrogen) atoms. The first-order chi connectivity index (χ1) is 8.22. The molecule has 88 valence electrons. The van der Waals surface area contributed by atoms with E-state index in [-0.39, 0.29) is 4.84 Å². The molecular formula is C11H9ClN2O2S. The second-order valence-corrected chi connectivity index (χ2v) is 4.66. The van der Waals surface area contributed by atoms with E-state index < -0.39 is 0 Å². The summed E-state index contributed by atoms with van der Waals surface area (Å²) in [5.74, 6) is 1.16. The van der Waals surface area contributed by atoms with Crippen LogP contribution in [0.3, 0.4) is 0 Å². The van der Waals surface area contributed by atoms with Gasteiger partial charge in [0, 0.05) is 0 Å². The van der Waals surface area contributed by atoms with Gasteiger partial charge in [0.25, 0.3) is 4.84 Å². The lowest BCUT2D eigenvalue weighted by Crippen LogP contribution is -1.95. The molecule has 1 aromatic heterocycles. The normalized spacial score (nSPS) is 14.9. The zero-order chi connectivity index (χ0) is 11.8. The van der Waals surface area contributed by atoms with Gasteiger partial charge >= 0.3 is 0 Å². The van der Waals surface area contributed by atoms with Crippen LogP contribution in [-0.2, 0) is 0 Å². The van der Waals surface area contributed by atoms with Gasteiger partial charge in [-0.25, -0.2) is 5.10 Å². The Kier molecular flexibility index (Phi) is 2.64. The van der Waals surface area contributed by atoms with Crippen molar-refractivity contribution in [3.63, 3.8) is 0 Å². The highest BCUT2D eigenvalue weighted by molar-refractivity contribution is 7.71. The molecule has 0 unspecified atom stereocenters. The first-order valence-electron chi connectivity index (χ1n) is 5.24. The molecule has 0 bridgehead atoms. The summed E-state index contributed by atoms with van der Waals surface area (Å²) in [5.41, 5.74) is 0.696. The molecular weight excluding hydrogens is 260 g/mol. The Morgan fingerprint density at radius 3 is 2.88 bits per heavy atom. The van der Waals surface area contributed by atoms with Gasteiger partial charge < -0.3 is 9.15 Å². The molecule has 1 saturated carbocycles. The zero-order valence-electron chi connectivity index (χ0n) is 8.77. The number of hydrogen-bond donors (Lipinski definition) is 1. The summed E-state index contributed by atoms with van der Waals surface area (Å²) < 4.78 is 10.8. The van der Waals surface area contributed by atoms with Gasteiger partial charge in [0.05, 0.1) is 16.7 Å². The molecule has 1 N–H and O–H groups in total. The molecule has 1 aromatic carbocycles. The third-order valence-corrected chi connectivity index (χ3v) is 2.92. The van der Waals surface area contributed by atoms with Crippen molar-refractivity contribution in [2.24, 2.45) is 0 Å². The minimum Gasteiger partial charge on any atom is -0.490 e. The molecule has 0 radical (unpaired) electrons. The van der Waals surface area contributed by atoms with Crippen LogP contribution < -0.4 is 4.74 Å². The van der Waals surface area contributed by atoms with Crippen LogP contribution in [0.5, 0.6) is 5.75 Å². The standard InChI is InChI=1S/C11H9ClN2O2S/c12-9-5-7(15-6-1-2-6)3-4-8(9)10-13-14-11(17)16-10/h3-6H,1-2H2,(H,14,17). The maximum absolute atomic E-state index is 6.15. The van der Waals surface area contributed by atoms with E-state index in [1.165, 1.54) is 0 Å². The maximum atomic E-state index is 6.15. The quantitative estimate of drug-likeness (QED) is 0.864. The van der Waals surface area contributed by atoms with Crippen LogP contribution in [0.15, 0.2) is 22.6 Å². The number of halogens is 1. The number of H-pyrrole nitrogens is 1. The molecule has 0 amide bonds. The highest BCUT2D eigenvalue weighted by atomic mass is 35.5. The Labute approximate surface area is 108 Å². The number of benzene rings is 1. The topological polar surface area (TPSA) is 51.0 Å². The number of ether oxygens (including phenoxy) is 1. The Hall–Kier alpha value is -1.33. The summed E-state index contributed by atoms with van der Waals surface area (Å²) in [7, 11) is 0. The van der Waals surface area contributed by atoms with Crippen molar-refractivity contribution in [2.75, 3.05) is 0 Å². The predicted octanol–water partition coefficient (Wildman–Crippen LogP) is 3.59. The second kappa shape index (κ2) is 4.16. The number of aromatic nitrogens is 2. The molecule has 2 aromatic rings. The SMILES string of the molecule is S=c1[nH]nc(-c2ccc(OC3CC3)cc2Cl)o1. The summed E-state index contributed by atoms with van der Waals surface area (Å²) in [6, 6.07) is 5.43. The molecule has 1 aliphatic carbocycles. The maximum Gasteiger partial charge on any atom is 0.284 e. The van der Waals surface area contributed by atoms with Crippen LogP contribution in [0.25, 0.3) is 11.5 Å². The molecule has 1 fully saturated rings. The zero-order valence-corrected chi connectivity index (χ0v) is 10.3. The molecule has 4 nitrogen and oxygen atoms in total. The second-order valence-electron chi connectivity index (χ2n) is 3.88. The van der Waals surface area contributed by atoms with E-state index in [0.29, 0.717) is 22.6 Å².